The maximum absolute atomic E-state index is 12.7. The van der Waals surface area contributed by atoms with Gasteiger partial charge in [-0.2, -0.15) is 12.6 Å². The number of carboxylic acid groups (broad SMARTS) is 1. The lowest BCUT2D eigenvalue weighted by Gasteiger charge is -2.28. The van der Waals surface area contributed by atoms with E-state index in [1.807, 2.05) is 0 Å². The van der Waals surface area contributed by atoms with Gasteiger partial charge in [0.15, 0.2) is 0 Å². The molecule has 0 aromatic heterocycles. The van der Waals surface area contributed by atoms with E-state index in [9.17, 15) is 19.2 Å². The van der Waals surface area contributed by atoms with Crippen molar-refractivity contribution in [1.29, 1.82) is 0 Å². The third-order valence-electron chi connectivity index (χ3n) is 4.74. The van der Waals surface area contributed by atoms with Crippen LogP contribution < -0.4 is 22.1 Å². The first-order valence-corrected chi connectivity index (χ1v) is 10.2. The summed E-state index contributed by atoms with van der Waals surface area (Å²) >= 11 is 4.02. The van der Waals surface area contributed by atoms with Crippen LogP contribution in [0.5, 0.6) is 0 Å². The Labute approximate surface area is 175 Å². The molecule has 0 aromatic carbocycles. The number of nitrogens with two attached hydrogens (primary N) is 2. The Morgan fingerprint density at radius 3 is 2.41 bits per heavy atom. The lowest BCUT2D eigenvalue weighted by atomic mass is 10.1. The molecule has 0 radical (unpaired) electrons. The van der Waals surface area contributed by atoms with E-state index in [1.165, 1.54) is 4.90 Å². The molecule has 0 aromatic rings. The van der Waals surface area contributed by atoms with Crippen LogP contribution >= 0.6 is 12.6 Å². The van der Waals surface area contributed by atoms with Gasteiger partial charge in [0, 0.05) is 12.3 Å². The number of carbonyl (C=O) groups excluding carboxylic acids is 3. The molecule has 1 saturated heterocycles. The molecule has 29 heavy (non-hydrogen) atoms. The van der Waals surface area contributed by atoms with Crippen LogP contribution in [0.15, 0.2) is 0 Å². The smallest absolute Gasteiger partial charge is 0.328 e. The van der Waals surface area contributed by atoms with Gasteiger partial charge in [-0.25, -0.2) is 4.79 Å². The number of aliphatic carboxylic acids is 1. The van der Waals surface area contributed by atoms with Gasteiger partial charge >= 0.3 is 5.97 Å². The average molecular weight is 434 g/mol. The van der Waals surface area contributed by atoms with Crippen LogP contribution in [0.3, 0.4) is 0 Å². The van der Waals surface area contributed by atoms with Gasteiger partial charge in [-0.05, 0) is 32.2 Å². The highest BCUT2D eigenvalue weighted by Gasteiger charge is 2.37. The fourth-order valence-electron chi connectivity index (χ4n) is 3.07. The molecule has 1 fully saturated rings. The SMILES string of the molecule is NCCCCC(N)C(=O)N1CCCC1C(=O)NC(CS)C(=O)NC(CO)C(=O)O. The molecule has 1 rings (SSSR count). The first-order chi connectivity index (χ1) is 13.8. The lowest BCUT2D eigenvalue weighted by molar-refractivity contribution is -0.143. The van der Waals surface area contributed by atoms with Crippen molar-refractivity contribution in [3.05, 3.63) is 0 Å². The molecule has 0 bridgehead atoms. The van der Waals surface area contributed by atoms with E-state index in [0.717, 1.165) is 6.42 Å². The lowest BCUT2D eigenvalue weighted by Crippen LogP contribution is -2.57. The number of aliphatic hydroxyl groups is 1. The van der Waals surface area contributed by atoms with Crippen molar-refractivity contribution < 1.29 is 29.4 Å². The molecule has 166 valence electrons. The minimum Gasteiger partial charge on any atom is -0.480 e. The number of carbonyl (C=O) groups is 4. The molecule has 0 spiro atoms. The highest BCUT2D eigenvalue weighted by Crippen LogP contribution is 2.19. The fourth-order valence-corrected chi connectivity index (χ4v) is 3.33. The topological polar surface area (TPSA) is 188 Å². The normalized spacial score (nSPS) is 19.3. The third kappa shape index (κ3) is 7.46. The van der Waals surface area contributed by atoms with Crippen molar-refractivity contribution in [3.8, 4) is 0 Å². The number of hydrogen-bond donors (Lipinski definition) is 7. The van der Waals surface area contributed by atoms with Crippen LogP contribution in [0, 0.1) is 0 Å². The molecule has 4 unspecified atom stereocenters. The Bertz CT molecular complexity index is 593. The van der Waals surface area contributed by atoms with Crippen LogP contribution in [-0.4, -0.2) is 88.4 Å². The zero-order chi connectivity index (χ0) is 22.0. The first-order valence-electron chi connectivity index (χ1n) is 9.58. The second-order valence-electron chi connectivity index (χ2n) is 6.91. The largest absolute Gasteiger partial charge is 0.480 e. The Morgan fingerprint density at radius 2 is 1.86 bits per heavy atom. The first kappa shape index (κ1) is 25.1. The van der Waals surface area contributed by atoms with Gasteiger partial charge < -0.3 is 37.2 Å². The van der Waals surface area contributed by atoms with Crippen molar-refractivity contribution in [2.24, 2.45) is 11.5 Å². The zero-order valence-electron chi connectivity index (χ0n) is 16.2. The van der Waals surface area contributed by atoms with E-state index in [2.05, 4.69) is 23.3 Å². The van der Waals surface area contributed by atoms with Gasteiger partial charge in [0.25, 0.3) is 0 Å². The van der Waals surface area contributed by atoms with Gasteiger partial charge in [0.05, 0.1) is 12.6 Å². The van der Waals surface area contributed by atoms with Gasteiger partial charge in [-0.3, -0.25) is 14.4 Å². The molecule has 11 nitrogen and oxygen atoms in total. The van der Waals surface area contributed by atoms with E-state index in [-0.39, 0.29) is 11.7 Å². The quantitative estimate of drug-likeness (QED) is 0.129. The van der Waals surface area contributed by atoms with E-state index in [4.69, 9.17) is 21.7 Å². The maximum atomic E-state index is 12.7. The average Bonchev–Trinajstić information content (AvgIpc) is 3.18. The van der Waals surface area contributed by atoms with E-state index in [1.54, 1.807) is 0 Å². The Kier molecular flexibility index (Phi) is 10.9. The molecule has 4 atom stereocenters. The molecular weight excluding hydrogens is 402 g/mol. The van der Waals surface area contributed by atoms with E-state index in [0.29, 0.717) is 38.8 Å². The minimum atomic E-state index is -1.49. The molecule has 0 saturated carbocycles. The third-order valence-corrected chi connectivity index (χ3v) is 5.10. The van der Waals surface area contributed by atoms with E-state index >= 15 is 0 Å². The molecular formula is C17H31N5O6S. The summed E-state index contributed by atoms with van der Waals surface area (Å²) in [6.45, 7) is 0.119. The molecule has 0 aliphatic carbocycles. The Morgan fingerprint density at radius 1 is 1.17 bits per heavy atom. The number of aliphatic hydroxyl groups excluding tert-OH is 1. The number of nitrogens with zero attached hydrogens (tertiary/aromatic N) is 1. The standard InChI is InChI=1S/C17H31N5O6S/c18-6-2-1-4-10(19)16(26)22-7-3-5-13(22)15(25)21-12(9-29)14(24)20-11(8-23)17(27)28/h10-13,23,29H,1-9,18-19H2,(H,20,24)(H,21,25)(H,27,28). The second-order valence-corrected chi connectivity index (χ2v) is 7.27. The summed E-state index contributed by atoms with van der Waals surface area (Å²) in [5, 5.41) is 22.6. The summed E-state index contributed by atoms with van der Waals surface area (Å²) < 4.78 is 0. The number of carboxylic acids is 1. The van der Waals surface area contributed by atoms with Crippen molar-refractivity contribution in [2.45, 2.75) is 56.3 Å². The molecule has 3 amide bonds. The Hall–Kier alpha value is -1.89. The van der Waals surface area contributed by atoms with Crippen molar-refractivity contribution in [3.63, 3.8) is 0 Å². The van der Waals surface area contributed by atoms with Gasteiger partial charge in [-0.1, -0.05) is 6.42 Å². The van der Waals surface area contributed by atoms with Crippen LogP contribution in [0.4, 0.5) is 0 Å². The predicted molar refractivity (Wildman–Crippen MR) is 108 cm³/mol. The summed E-state index contributed by atoms with van der Waals surface area (Å²) in [5.41, 5.74) is 11.4. The van der Waals surface area contributed by atoms with Crippen LogP contribution in [-0.2, 0) is 19.2 Å². The summed E-state index contributed by atoms with van der Waals surface area (Å²) in [6.07, 6.45) is 3.01. The van der Waals surface area contributed by atoms with Crippen molar-refractivity contribution in [2.75, 3.05) is 25.4 Å². The van der Waals surface area contributed by atoms with Gasteiger partial charge in [0.1, 0.15) is 18.1 Å². The number of thiol groups is 1. The number of unbranched alkanes of at least 4 members (excludes halogenated alkanes) is 1. The van der Waals surface area contributed by atoms with Crippen LogP contribution in [0.25, 0.3) is 0 Å². The summed E-state index contributed by atoms with van der Waals surface area (Å²) in [7, 11) is 0. The summed E-state index contributed by atoms with van der Waals surface area (Å²) in [5.74, 6) is -3.13. The summed E-state index contributed by atoms with van der Waals surface area (Å²) in [6, 6.07) is -4.08. The molecule has 12 heteroatoms. The van der Waals surface area contributed by atoms with Crippen LogP contribution in [0.1, 0.15) is 32.1 Å². The van der Waals surface area contributed by atoms with Gasteiger partial charge in [0.2, 0.25) is 17.7 Å². The van der Waals surface area contributed by atoms with Crippen molar-refractivity contribution >= 4 is 36.3 Å². The van der Waals surface area contributed by atoms with E-state index < -0.39 is 48.6 Å². The number of likely N-dealkylation sites (tertiary alicyclic amines) is 1. The highest BCUT2D eigenvalue weighted by molar-refractivity contribution is 7.80. The van der Waals surface area contributed by atoms with Crippen molar-refractivity contribution in [1.82, 2.24) is 15.5 Å². The maximum Gasteiger partial charge on any atom is 0.328 e. The monoisotopic (exact) mass is 433 g/mol. The number of hydrogen-bond acceptors (Lipinski definition) is 8. The number of nitrogens with one attached hydrogen (secondary N) is 2. The van der Waals surface area contributed by atoms with Crippen LogP contribution in [0.2, 0.25) is 0 Å². The minimum absolute atomic E-state index is 0.0887. The summed E-state index contributed by atoms with van der Waals surface area (Å²) in [4.78, 5) is 49.8. The Balaban J connectivity index is 2.71. The predicted octanol–water partition coefficient (Wildman–Crippen LogP) is -2.59. The number of amides is 3. The molecule has 1 heterocycles. The molecule has 1 aliphatic heterocycles. The second kappa shape index (κ2) is 12.6. The molecule has 8 N–H and O–H groups in total. The molecule has 1 aliphatic rings. The zero-order valence-corrected chi connectivity index (χ0v) is 17.1. The highest BCUT2D eigenvalue weighted by atomic mass is 32.1. The number of rotatable bonds is 12. The van der Waals surface area contributed by atoms with Gasteiger partial charge in [-0.15, -0.1) is 0 Å². The fraction of sp³-hybridized carbons (Fsp3) is 0.765.